The first kappa shape index (κ1) is 20.5. The predicted molar refractivity (Wildman–Crippen MR) is 106 cm³/mol. The Hall–Kier alpha value is -2.19. The molecule has 0 unspecified atom stereocenters. The van der Waals surface area contributed by atoms with Gasteiger partial charge in [0.1, 0.15) is 6.61 Å². The number of benzene rings is 2. The first-order chi connectivity index (χ1) is 13.4. The summed E-state index contributed by atoms with van der Waals surface area (Å²) in [7, 11) is -3.53. The van der Waals surface area contributed by atoms with Gasteiger partial charge in [-0.05, 0) is 41.5 Å². The highest BCUT2D eigenvalue weighted by molar-refractivity contribution is 7.89. The van der Waals surface area contributed by atoms with Crippen molar-refractivity contribution >= 4 is 33.7 Å². The van der Waals surface area contributed by atoms with Crippen LogP contribution in [0.3, 0.4) is 0 Å². The van der Waals surface area contributed by atoms with Gasteiger partial charge in [0.05, 0.1) is 18.1 Å². The predicted octanol–water partition coefficient (Wildman–Crippen LogP) is 3.12. The maximum atomic E-state index is 12.6. The number of morpholine rings is 1. The van der Waals surface area contributed by atoms with E-state index in [9.17, 15) is 13.2 Å². The van der Waals surface area contributed by atoms with E-state index in [1.54, 1.807) is 36.4 Å². The van der Waals surface area contributed by atoms with Crippen molar-refractivity contribution in [1.29, 1.82) is 0 Å². The quantitative estimate of drug-likeness (QED) is 0.529. The van der Waals surface area contributed by atoms with Gasteiger partial charge in [-0.25, -0.2) is 13.2 Å². The van der Waals surface area contributed by atoms with Crippen molar-refractivity contribution in [2.45, 2.75) is 11.5 Å². The molecule has 1 heterocycles. The molecule has 0 spiro atoms. The first-order valence-corrected chi connectivity index (χ1v) is 10.5. The Kier molecular flexibility index (Phi) is 6.85. The molecule has 6 nitrogen and oxygen atoms in total. The van der Waals surface area contributed by atoms with Gasteiger partial charge >= 0.3 is 5.97 Å². The summed E-state index contributed by atoms with van der Waals surface area (Å²) in [5, 5.41) is 0.580. The summed E-state index contributed by atoms with van der Waals surface area (Å²) in [6, 6.07) is 13.4. The number of carbonyl (C=O) groups is 1. The summed E-state index contributed by atoms with van der Waals surface area (Å²) in [6.07, 6.45) is 2.88. The van der Waals surface area contributed by atoms with Crippen LogP contribution >= 0.6 is 11.6 Å². The van der Waals surface area contributed by atoms with E-state index in [0.717, 1.165) is 5.56 Å². The Morgan fingerprint density at radius 1 is 1.14 bits per heavy atom. The monoisotopic (exact) mass is 421 g/mol. The normalized spacial score (nSPS) is 15.6. The Morgan fingerprint density at radius 3 is 2.54 bits per heavy atom. The Bertz CT molecular complexity index is 951. The van der Waals surface area contributed by atoms with Gasteiger partial charge < -0.3 is 9.47 Å². The number of esters is 1. The second-order valence-electron chi connectivity index (χ2n) is 6.16. The lowest BCUT2D eigenvalue weighted by Gasteiger charge is -2.26. The standard InChI is InChI=1S/C20H20ClNO5S/c21-18-3-1-2-17(14-18)15-27-20(23)9-6-16-4-7-19(8-5-16)28(24,25)22-10-12-26-13-11-22/h1-9,14H,10-13,15H2/b9-6+. The molecular weight excluding hydrogens is 402 g/mol. The molecule has 1 fully saturated rings. The van der Waals surface area contributed by atoms with Crippen molar-refractivity contribution in [3.8, 4) is 0 Å². The third-order valence-electron chi connectivity index (χ3n) is 4.17. The molecule has 0 aromatic heterocycles. The minimum Gasteiger partial charge on any atom is -0.458 e. The fourth-order valence-corrected chi connectivity index (χ4v) is 4.30. The van der Waals surface area contributed by atoms with Crippen LogP contribution in [0, 0.1) is 0 Å². The van der Waals surface area contributed by atoms with Crippen LogP contribution in [0.15, 0.2) is 59.5 Å². The number of sulfonamides is 1. The van der Waals surface area contributed by atoms with Gasteiger partial charge in [0, 0.05) is 24.2 Å². The lowest BCUT2D eigenvalue weighted by atomic mass is 10.2. The molecule has 2 aromatic carbocycles. The molecule has 3 rings (SSSR count). The van der Waals surface area contributed by atoms with Gasteiger partial charge in [-0.3, -0.25) is 0 Å². The average Bonchev–Trinajstić information content (AvgIpc) is 2.72. The molecule has 1 saturated heterocycles. The van der Waals surface area contributed by atoms with Crippen LogP contribution in [-0.2, 0) is 30.9 Å². The molecule has 8 heteroatoms. The second-order valence-corrected chi connectivity index (χ2v) is 8.53. The molecule has 0 N–H and O–H groups in total. The number of ether oxygens (including phenoxy) is 2. The number of rotatable bonds is 6. The van der Waals surface area contributed by atoms with Crippen LogP contribution in [0.4, 0.5) is 0 Å². The van der Waals surface area contributed by atoms with E-state index in [0.29, 0.717) is 36.9 Å². The largest absolute Gasteiger partial charge is 0.458 e. The average molecular weight is 422 g/mol. The van der Waals surface area contributed by atoms with Crippen molar-refractivity contribution in [3.05, 3.63) is 70.8 Å². The van der Waals surface area contributed by atoms with Crippen LogP contribution in [-0.4, -0.2) is 45.0 Å². The van der Waals surface area contributed by atoms with Crippen LogP contribution in [0.25, 0.3) is 6.08 Å². The minimum absolute atomic E-state index is 0.125. The SMILES string of the molecule is O=C(/C=C/c1ccc(S(=O)(=O)N2CCOCC2)cc1)OCc1cccc(Cl)c1. The van der Waals surface area contributed by atoms with Gasteiger partial charge in [-0.2, -0.15) is 4.31 Å². The zero-order valence-electron chi connectivity index (χ0n) is 15.1. The summed E-state index contributed by atoms with van der Waals surface area (Å²) in [5.74, 6) is -0.495. The lowest BCUT2D eigenvalue weighted by Crippen LogP contribution is -2.40. The molecule has 0 aliphatic carbocycles. The Balaban J connectivity index is 1.58. The van der Waals surface area contributed by atoms with Gasteiger partial charge in [0.2, 0.25) is 10.0 Å². The summed E-state index contributed by atoms with van der Waals surface area (Å²) < 4.78 is 36.9. The lowest BCUT2D eigenvalue weighted by molar-refractivity contribution is -0.138. The van der Waals surface area contributed by atoms with E-state index in [-0.39, 0.29) is 11.5 Å². The molecule has 1 aliphatic rings. The van der Waals surface area contributed by atoms with Gasteiger partial charge in [-0.15, -0.1) is 0 Å². The highest BCUT2D eigenvalue weighted by atomic mass is 35.5. The maximum Gasteiger partial charge on any atom is 0.331 e. The van der Waals surface area contributed by atoms with E-state index in [1.165, 1.54) is 22.5 Å². The van der Waals surface area contributed by atoms with Gasteiger partial charge in [0.15, 0.2) is 0 Å². The number of nitrogens with zero attached hydrogens (tertiary/aromatic N) is 1. The van der Waals surface area contributed by atoms with Crippen LogP contribution in [0.1, 0.15) is 11.1 Å². The molecular formula is C20H20ClNO5S. The third kappa shape index (κ3) is 5.42. The molecule has 0 amide bonds. The third-order valence-corrected chi connectivity index (χ3v) is 6.32. The summed E-state index contributed by atoms with van der Waals surface area (Å²) in [4.78, 5) is 12.1. The Morgan fingerprint density at radius 2 is 1.86 bits per heavy atom. The summed E-state index contributed by atoms with van der Waals surface area (Å²) >= 11 is 5.89. The van der Waals surface area contributed by atoms with Crippen LogP contribution in [0.2, 0.25) is 5.02 Å². The Labute approximate surface area is 169 Å². The summed E-state index contributed by atoms with van der Waals surface area (Å²) in [6.45, 7) is 1.63. The first-order valence-electron chi connectivity index (χ1n) is 8.72. The van der Waals surface area contributed by atoms with E-state index < -0.39 is 16.0 Å². The molecule has 148 valence electrons. The van der Waals surface area contributed by atoms with Crippen molar-refractivity contribution < 1.29 is 22.7 Å². The van der Waals surface area contributed by atoms with Crippen molar-refractivity contribution in [1.82, 2.24) is 4.31 Å². The van der Waals surface area contributed by atoms with Crippen molar-refractivity contribution in [3.63, 3.8) is 0 Å². The molecule has 0 radical (unpaired) electrons. The van der Waals surface area contributed by atoms with Gasteiger partial charge in [0.25, 0.3) is 0 Å². The molecule has 0 atom stereocenters. The molecule has 2 aromatic rings. The summed E-state index contributed by atoms with van der Waals surface area (Å²) in [5.41, 5.74) is 1.49. The molecule has 0 bridgehead atoms. The highest BCUT2D eigenvalue weighted by Crippen LogP contribution is 2.18. The van der Waals surface area contributed by atoms with E-state index in [2.05, 4.69) is 0 Å². The molecule has 0 saturated carbocycles. The van der Waals surface area contributed by atoms with E-state index in [1.807, 2.05) is 6.07 Å². The maximum absolute atomic E-state index is 12.6. The minimum atomic E-state index is -3.53. The molecule has 1 aliphatic heterocycles. The number of halogens is 1. The highest BCUT2D eigenvalue weighted by Gasteiger charge is 2.25. The topological polar surface area (TPSA) is 72.9 Å². The number of hydrogen-bond acceptors (Lipinski definition) is 5. The smallest absolute Gasteiger partial charge is 0.331 e. The number of carbonyl (C=O) groups excluding carboxylic acids is 1. The molecule has 28 heavy (non-hydrogen) atoms. The van der Waals surface area contributed by atoms with E-state index in [4.69, 9.17) is 21.1 Å². The zero-order chi connectivity index (χ0) is 20.0. The second kappa shape index (κ2) is 9.34. The fourth-order valence-electron chi connectivity index (χ4n) is 2.68. The fraction of sp³-hybridized carbons (Fsp3) is 0.250. The van der Waals surface area contributed by atoms with Gasteiger partial charge in [-0.1, -0.05) is 35.9 Å². The van der Waals surface area contributed by atoms with E-state index >= 15 is 0 Å². The van der Waals surface area contributed by atoms with Crippen molar-refractivity contribution in [2.75, 3.05) is 26.3 Å². The zero-order valence-corrected chi connectivity index (χ0v) is 16.7. The van der Waals surface area contributed by atoms with Crippen LogP contribution in [0.5, 0.6) is 0 Å². The van der Waals surface area contributed by atoms with Crippen molar-refractivity contribution in [2.24, 2.45) is 0 Å². The number of hydrogen-bond donors (Lipinski definition) is 0. The van der Waals surface area contributed by atoms with Crippen LogP contribution < -0.4 is 0 Å².